The molecule has 0 aliphatic heterocycles. The molecule has 0 aromatic heterocycles. The summed E-state index contributed by atoms with van der Waals surface area (Å²) in [5.41, 5.74) is 1.89. The largest absolute Gasteiger partial charge is 0.0925 e. The maximum absolute atomic E-state index is 3.60. The summed E-state index contributed by atoms with van der Waals surface area (Å²) in [7, 11) is 0. The second kappa shape index (κ2) is 4.15. The van der Waals surface area contributed by atoms with Crippen molar-refractivity contribution in [3.8, 4) is 0 Å². The molecule has 1 aromatic carbocycles. The van der Waals surface area contributed by atoms with E-state index < -0.39 is 0 Å². The Morgan fingerprint density at radius 1 is 1.20 bits per heavy atom. The summed E-state index contributed by atoms with van der Waals surface area (Å²) >= 11 is 10.7. The van der Waals surface area contributed by atoms with E-state index in [0.717, 1.165) is 20.2 Å². The first-order valence-electron chi connectivity index (χ1n) is 4.99. The molecule has 0 heterocycles. The molecule has 1 aliphatic carbocycles. The zero-order valence-electron chi connectivity index (χ0n) is 8.73. The highest BCUT2D eigenvalue weighted by atomic mass is 79.9. The van der Waals surface area contributed by atoms with Gasteiger partial charge in [0.2, 0.25) is 0 Å². The van der Waals surface area contributed by atoms with Crippen molar-refractivity contribution < 1.29 is 0 Å². The molecule has 1 aliphatic rings. The van der Waals surface area contributed by atoms with E-state index in [1.54, 1.807) is 0 Å². The van der Waals surface area contributed by atoms with Crippen molar-refractivity contribution in [3.63, 3.8) is 0 Å². The molecule has 1 saturated carbocycles. The highest BCUT2D eigenvalue weighted by Crippen LogP contribution is 2.65. The van der Waals surface area contributed by atoms with Crippen LogP contribution in [-0.4, -0.2) is 5.33 Å². The predicted octanol–water partition coefficient (Wildman–Crippen LogP) is 5.35. The van der Waals surface area contributed by atoms with Crippen LogP contribution in [0.4, 0.5) is 0 Å². The quantitative estimate of drug-likeness (QED) is 0.591. The van der Waals surface area contributed by atoms with E-state index >= 15 is 0 Å². The molecule has 0 radical (unpaired) electrons. The molecular weight excluding hydrogens is 384 g/mol. The van der Waals surface area contributed by atoms with Crippen molar-refractivity contribution in [2.45, 2.75) is 19.8 Å². The van der Waals surface area contributed by atoms with Gasteiger partial charge in [0.25, 0.3) is 0 Å². The van der Waals surface area contributed by atoms with Crippen LogP contribution < -0.4 is 0 Å². The van der Waals surface area contributed by atoms with Gasteiger partial charge in [0.05, 0.1) is 0 Å². The number of rotatable bonds is 2. The summed E-state index contributed by atoms with van der Waals surface area (Å²) in [5.74, 6) is 1.46. The molecule has 3 heteroatoms. The van der Waals surface area contributed by atoms with E-state index in [0.29, 0.717) is 11.3 Å². The van der Waals surface area contributed by atoms with Gasteiger partial charge in [0.15, 0.2) is 0 Å². The lowest BCUT2D eigenvalue weighted by molar-refractivity contribution is 0.579. The molecule has 82 valence electrons. The summed E-state index contributed by atoms with van der Waals surface area (Å²) in [6, 6.07) is 6.59. The van der Waals surface area contributed by atoms with E-state index in [9.17, 15) is 0 Å². The topological polar surface area (TPSA) is 0 Å². The Balaban J connectivity index is 2.29. The van der Waals surface area contributed by atoms with Crippen LogP contribution in [0, 0.1) is 11.3 Å². The van der Waals surface area contributed by atoms with Gasteiger partial charge in [-0.2, -0.15) is 0 Å². The maximum atomic E-state index is 3.60. The van der Waals surface area contributed by atoms with E-state index in [-0.39, 0.29) is 0 Å². The molecule has 0 nitrogen and oxygen atoms in total. The van der Waals surface area contributed by atoms with Crippen LogP contribution in [0.15, 0.2) is 27.1 Å². The Hall–Kier alpha value is 0.660. The minimum atomic E-state index is 0.441. The van der Waals surface area contributed by atoms with Gasteiger partial charge in [-0.15, -0.1) is 0 Å². The van der Waals surface area contributed by atoms with Gasteiger partial charge in [-0.3, -0.25) is 0 Å². The lowest BCUT2D eigenvalue weighted by atomic mass is 10.0. The Bertz CT molecular complexity index is 384. The first kappa shape index (κ1) is 12.1. The first-order valence-corrected chi connectivity index (χ1v) is 7.70. The van der Waals surface area contributed by atoms with Gasteiger partial charge in [0.1, 0.15) is 0 Å². The fourth-order valence-corrected chi connectivity index (χ4v) is 4.25. The molecule has 0 spiro atoms. The monoisotopic (exact) mass is 394 g/mol. The molecular formula is C12H13Br3. The standard InChI is InChI=1S/C12H13Br3/c1-12(2)8(6-13)11(12)7-3-4-9(14)10(15)5-7/h3-5,8,11H,6H2,1-2H3. The van der Waals surface area contributed by atoms with Crippen molar-refractivity contribution in [3.05, 3.63) is 32.7 Å². The molecule has 0 saturated heterocycles. The third-order valence-corrected chi connectivity index (χ3v) is 6.10. The molecule has 0 bridgehead atoms. The second-order valence-electron chi connectivity index (χ2n) is 4.73. The Morgan fingerprint density at radius 2 is 1.87 bits per heavy atom. The van der Waals surface area contributed by atoms with Crippen molar-refractivity contribution in [2.24, 2.45) is 11.3 Å². The van der Waals surface area contributed by atoms with Crippen LogP contribution in [0.25, 0.3) is 0 Å². The molecule has 2 atom stereocenters. The summed E-state index contributed by atoms with van der Waals surface area (Å²) < 4.78 is 2.27. The van der Waals surface area contributed by atoms with Crippen molar-refractivity contribution >= 4 is 47.8 Å². The summed E-state index contributed by atoms with van der Waals surface area (Å²) in [6.07, 6.45) is 0. The fraction of sp³-hybridized carbons (Fsp3) is 0.500. The third kappa shape index (κ3) is 2.07. The molecule has 0 N–H and O–H groups in total. The summed E-state index contributed by atoms with van der Waals surface area (Å²) in [5, 5.41) is 1.10. The van der Waals surface area contributed by atoms with E-state index in [4.69, 9.17) is 0 Å². The van der Waals surface area contributed by atoms with E-state index in [1.807, 2.05) is 0 Å². The molecule has 15 heavy (non-hydrogen) atoms. The minimum Gasteiger partial charge on any atom is -0.0925 e. The summed E-state index contributed by atoms with van der Waals surface area (Å²) in [6.45, 7) is 4.69. The second-order valence-corrected chi connectivity index (χ2v) is 7.09. The van der Waals surface area contributed by atoms with E-state index in [2.05, 4.69) is 79.8 Å². The van der Waals surface area contributed by atoms with Crippen LogP contribution >= 0.6 is 47.8 Å². The molecule has 1 aromatic rings. The highest BCUT2D eigenvalue weighted by molar-refractivity contribution is 9.13. The van der Waals surface area contributed by atoms with Gasteiger partial charge in [-0.1, -0.05) is 35.8 Å². The fourth-order valence-electron chi connectivity index (χ4n) is 2.40. The first-order chi connectivity index (χ1) is 6.98. The number of hydrogen-bond acceptors (Lipinski definition) is 0. The van der Waals surface area contributed by atoms with Crippen LogP contribution in [-0.2, 0) is 0 Å². The maximum Gasteiger partial charge on any atom is 0.0320 e. The molecule has 2 rings (SSSR count). The van der Waals surface area contributed by atoms with Crippen LogP contribution in [0.5, 0.6) is 0 Å². The molecule has 0 amide bonds. The summed E-state index contributed by atoms with van der Waals surface area (Å²) in [4.78, 5) is 0. The zero-order valence-corrected chi connectivity index (χ0v) is 13.5. The zero-order chi connectivity index (χ0) is 11.2. The highest BCUT2D eigenvalue weighted by Gasteiger charge is 2.57. The minimum absolute atomic E-state index is 0.441. The molecule has 2 unspecified atom stereocenters. The molecule has 1 fully saturated rings. The third-order valence-electron chi connectivity index (χ3n) is 3.52. The van der Waals surface area contributed by atoms with Gasteiger partial charge in [-0.25, -0.2) is 0 Å². The van der Waals surface area contributed by atoms with Gasteiger partial charge in [0, 0.05) is 14.3 Å². The predicted molar refractivity (Wildman–Crippen MR) is 75.6 cm³/mol. The van der Waals surface area contributed by atoms with Crippen LogP contribution in [0.3, 0.4) is 0 Å². The number of halogens is 3. The lowest BCUT2D eigenvalue weighted by Gasteiger charge is -2.04. The van der Waals surface area contributed by atoms with Crippen molar-refractivity contribution in [2.75, 3.05) is 5.33 Å². The van der Waals surface area contributed by atoms with E-state index in [1.165, 1.54) is 5.56 Å². The number of benzene rings is 1. The number of hydrogen-bond donors (Lipinski definition) is 0. The Labute approximate surface area is 116 Å². The van der Waals surface area contributed by atoms with Gasteiger partial charge < -0.3 is 0 Å². The average molecular weight is 397 g/mol. The lowest BCUT2D eigenvalue weighted by Crippen LogP contribution is -1.90. The Morgan fingerprint density at radius 3 is 2.33 bits per heavy atom. The SMILES string of the molecule is CC1(C)C(CBr)C1c1ccc(Br)c(Br)c1. The number of alkyl halides is 1. The smallest absolute Gasteiger partial charge is 0.0320 e. The Kier molecular flexibility index (Phi) is 3.36. The van der Waals surface area contributed by atoms with Crippen LogP contribution in [0.2, 0.25) is 0 Å². The van der Waals surface area contributed by atoms with Gasteiger partial charge in [-0.05, 0) is 66.8 Å². The average Bonchev–Trinajstić information content (AvgIpc) is 2.73. The van der Waals surface area contributed by atoms with Crippen molar-refractivity contribution in [1.82, 2.24) is 0 Å². The van der Waals surface area contributed by atoms with Crippen molar-refractivity contribution in [1.29, 1.82) is 0 Å². The van der Waals surface area contributed by atoms with Gasteiger partial charge >= 0.3 is 0 Å². The van der Waals surface area contributed by atoms with Crippen LogP contribution in [0.1, 0.15) is 25.3 Å². The normalized spacial score (nSPS) is 27.8.